The number of amides is 2. The molecular weight excluding hydrogens is 456 g/mol. The Hall–Kier alpha value is -3.47. The number of carbonyl (C=O) groups excluding carboxylic acids is 2. The Labute approximate surface area is 200 Å². The van der Waals surface area contributed by atoms with Crippen molar-refractivity contribution < 1.29 is 9.59 Å². The van der Waals surface area contributed by atoms with E-state index >= 15 is 0 Å². The molecule has 34 heavy (non-hydrogen) atoms. The summed E-state index contributed by atoms with van der Waals surface area (Å²) in [6, 6.07) is 7.53. The first-order valence-electron chi connectivity index (χ1n) is 11.1. The molecule has 3 aromatic rings. The maximum Gasteiger partial charge on any atom is 0.330 e. The predicted molar refractivity (Wildman–Crippen MR) is 135 cm³/mol. The highest BCUT2D eigenvalue weighted by Gasteiger charge is 2.25. The summed E-state index contributed by atoms with van der Waals surface area (Å²) in [7, 11) is 0. The number of hydrogen-bond donors (Lipinski definition) is 3. The molecule has 3 rings (SSSR count). The second kappa shape index (κ2) is 10.6. The lowest BCUT2D eigenvalue weighted by atomic mass is 10.1. The predicted octanol–water partition coefficient (Wildman–Crippen LogP) is 2.79. The van der Waals surface area contributed by atoms with E-state index in [-0.39, 0.29) is 48.6 Å². The molecule has 2 aromatic heterocycles. The van der Waals surface area contributed by atoms with Crippen LogP contribution in [0, 0.1) is 11.8 Å². The van der Waals surface area contributed by atoms with Crippen molar-refractivity contribution in [1.29, 1.82) is 0 Å². The highest BCUT2D eigenvalue weighted by molar-refractivity contribution is 7.22. The minimum atomic E-state index is -0.726. The monoisotopic (exact) mass is 486 g/mol. The van der Waals surface area contributed by atoms with E-state index in [1.165, 1.54) is 20.8 Å². The normalized spacial score (nSPS) is 11.4. The molecule has 0 aliphatic rings. The summed E-state index contributed by atoms with van der Waals surface area (Å²) in [5.41, 5.74) is 5.58. The van der Waals surface area contributed by atoms with Crippen molar-refractivity contribution in [3.63, 3.8) is 0 Å². The number of carbonyl (C=O) groups is 2. The van der Waals surface area contributed by atoms with E-state index in [1.54, 1.807) is 0 Å². The lowest BCUT2D eigenvalue weighted by Crippen LogP contribution is -2.43. The van der Waals surface area contributed by atoms with Gasteiger partial charge in [0, 0.05) is 25.9 Å². The highest BCUT2D eigenvalue weighted by Crippen LogP contribution is 2.26. The Kier molecular flexibility index (Phi) is 7.87. The minimum absolute atomic E-state index is 0.0183. The van der Waals surface area contributed by atoms with Gasteiger partial charge in [-0.05, 0) is 24.0 Å². The van der Waals surface area contributed by atoms with E-state index in [4.69, 9.17) is 5.73 Å². The molecule has 182 valence electrons. The third kappa shape index (κ3) is 5.90. The van der Waals surface area contributed by atoms with Crippen LogP contribution < -0.4 is 27.2 Å². The molecule has 0 saturated carbocycles. The smallest absolute Gasteiger partial charge is 0.330 e. The van der Waals surface area contributed by atoms with E-state index in [9.17, 15) is 19.2 Å². The number of nitrogens with zero attached hydrogens (tertiary/aromatic N) is 3. The molecule has 0 bridgehead atoms. The summed E-state index contributed by atoms with van der Waals surface area (Å²) in [5, 5.41) is 3.18. The van der Waals surface area contributed by atoms with E-state index in [0.717, 1.165) is 10.2 Å². The van der Waals surface area contributed by atoms with Crippen LogP contribution in [0.1, 0.15) is 40.5 Å². The Morgan fingerprint density at radius 2 is 1.85 bits per heavy atom. The van der Waals surface area contributed by atoms with Gasteiger partial charge in [-0.1, -0.05) is 51.2 Å². The summed E-state index contributed by atoms with van der Waals surface area (Å²) in [6.45, 7) is 8.13. The molecule has 10 nitrogen and oxygen atoms in total. The molecule has 0 fully saturated rings. The largest absolute Gasteiger partial charge is 0.383 e. The second-order valence-electron chi connectivity index (χ2n) is 8.93. The zero-order valence-corrected chi connectivity index (χ0v) is 20.6. The lowest BCUT2D eigenvalue weighted by Gasteiger charge is -2.26. The molecule has 0 spiro atoms. The quantitative estimate of drug-likeness (QED) is 0.424. The van der Waals surface area contributed by atoms with Crippen LogP contribution in [0.15, 0.2) is 33.9 Å². The number of nitrogens with one attached hydrogen (secondary N) is 2. The van der Waals surface area contributed by atoms with Gasteiger partial charge in [0.25, 0.3) is 5.56 Å². The molecule has 0 unspecified atom stereocenters. The SMILES string of the molecule is CC(C)CN(C(=O)CCC(=O)Nc1nc2ccccc2s1)c1c(N)n(CC(C)C)c(=O)[nH]c1=O. The van der Waals surface area contributed by atoms with Crippen LogP contribution in [0.5, 0.6) is 0 Å². The highest BCUT2D eigenvalue weighted by atomic mass is 32.1. The van der Waals surface area contributed by atoms with E-state index in [1.807, 2.05) is 52.0 Å². The fourth-order valence-corrected chi connectivity index (χ4v) is 4.41. The number of nitrogens with two attached hydrogens (primary N) is 1. The maximum absolute atomic E-state index is 13.1. The molecule has 2 amide bonds. The third-order valence-electron chi connectivity index (χ3n) is 4.99. The Morgan fingerprint density at radius 3 is 2.50 bits per heavy atom. The number of para-hydroxylation sites is 1. The summed E-state index contributed by atoms with van der Waals surface area (Å²) in [4.78, 5) is 58.5. The van der Waals surface area contributed by atoms with Crippen LogP contribution >= 0.6 is 11.3 Å². The number of fused-ring (bicyclic) bond motifs is 1. The Balaban J connectivity index is 1.78. The standard InChI is InChI=1S/C23H30N6O4S/c1-13(2)11-28(19-20(24)29(12-14(3)4)23(33)27-21(19)32)18(31)10-9-17(30)26-22-25-15-7-5-6-8-16(15)34-22/h5-8,13-14H,9-12,24H2,1-4H3,(H,25,26,30)(H,27,32,33). The number of thiazole rings is 1. The van der Waals surface area contributed by atoms with E-state index in [2.05, 4.69) is 15.3 Å². The second-order valence-corrected chi connectivity index (χ2v) is 9.96. The van der Waals surface area contributed by atoms with Crippen molar-refractivity contribution in [3.8, 4) is 0 Å². The zero-order chi connectivity index (χ0) is 25.0. The van der Waals surface area contributed by atoms with Gasteiger partial charge < -0.3 is 16.0 Å². The fraction of sp³-hybridized carbons (Fsp3) is 0.435. The lowest BCUT2D eigenvalue weighted by molar-refractivity contribution is -0.122. The molecule has 1 aromatic carbocycles. The van der Waals surface area contributed by atoms with Crippen LogP contribution in [-0.4, -0.2) is 32.9 Å². The van der Waals surface area contributed by atoms with Gasteiger partial charge in [0.15, 0.2) is 10.8 Å². The molecule has 11 heteroatoms. The summed E-state index contributed by atoms with van der Waals surface area (Å²) in [6.07, 6.45) is -0.224. The number of H-pyrrole nitrogens is 1. The van der Waals surface area contributed by atoms with Crippen molar-refractivity contribution >= 4 is 50.0 Å². The van der Waals surface area contributed by atoms with Crippen LogP contribution in [0.25, 0.3) is 10.2 Å². The van der Waals surface area contributed by atoms with Gasteiger partial charge in [0.05, 0.1) is 10.2 Å². The molecule has 0 aliphatic heterocycles. The summed E-state index contributed by atoms with van der Waals surface area (Å²) in [5.74, 6) is -0.733. The van der Waals surface area contributed by atoms with Crippen LogP contribution in [0.4, 0.5) is 16.6 Å². The molecular formula is C23H30N6O4S. The van der Waals surface area contributed by atoms with Gasteiger partial charge in [-0.3, -0.25) is 23.9 Å². The maximum atomic E-state index is 13.1. The first-order valence-corrected chi connectivity index (χ1v) is 12.0. The molecule has 2 heterocycles. The molecule has 0 radical (unpaired) electrons. The van der Waals surface area contributed by atoms with Gasteiger partial charge in [-0.2, -0.15) is 0 Å². The number of aromatic nitrogens is 3. The minimum Gasteiger partial charge on any atom is -0.383 e. The third-order valence-corrected chi connectivity index (χ3v) is 5.94. The van der Waals surface area contributed by atoms with Gasteiger partial charge in [-0.15, -0.1) is 0 Å². The topological polar surface area (TPSA) is 143 Å². The average Bonchev–Trinajstić information content (AvgIpc) is 3.16. The van der Waals surface area contributed by atoms with Gasteiger partial charge >= 0.3 is 5.69 Å². The van der Waals surface area contributed by atoms with Crippen LogP contribution in [0.2, 0.25) is 0 Å². The summed E-state index contributed by atoms with van der Waals surface area (Å²) >= 11 is 1.35. The van der Waals surface area contributed by atoms with Gasteiger partial charge in [0.1, 0.15) is 5.82 Å². The van der Waals surface area contributed by atoms with E-state index < -0.39 is 17.2 Å². The van der Waals surface area contributed by atoms with Crippen molar-refractivity contribution in [1.82, 2.24) is 14.5 Å². The van der Waals surface area contributed by atoms with Crippen molar-refractivity contribution in [2.45, 2.75) is 47.1 Å². The van der Waals surface area contributed by atoms with Crippen LogP contribution in [0.3, 0.4) is 0 Å². The molecule has 0 aliphatic carbocycles. The van der Waals surface area contributed by atoms with Crippen LogP contribution in [-0.2, 0) is 16.1 Å². The van der Waals surface area contributed by atoms with E-state index in [0.29, 0.717) is 11.7 Å². The number of nitrogen functional groups attached to an aromatic ring is 1. The summed E-state index contributed by atoms with van der Waals surface area (Å²) < 4.78 is 2.21. The number of benzene rings is 1. The zero-order valence-electron chi connectivity index (χ0n) is 19.8. The number of anilines is 3. The first-order chi connectivity index (χ1) is 16.1. The van der Waals surface area contributed by atoms with Crippen molar-refractivity contribution in [2.24, 2.45) is 11.8 Å². The average molecular weight is 487 g/mol. The molecule has 0 saturated heterocycles. The Bertz CT molecular complexity index is 1270. The van der Waals surface area contributed by atoms with Crippen molar-refractivity contribution in [2.75, 3.05) is 22.5 Å². The molecule has 0 atom stereocenters. The number of aromatic amines is 1. The van der Waals surface area contributed by atoms with Gasteiger partial charge in [0.2, 0.25) is 11.8 Å². The van der Waals surface area contributed by atoms with Crippen molar-refractivity contribution in [3.05, 3.63) is 45.1 Å². The Morgan fingerprint density at radius 1 is 1.15 bits per heavy atom. The number of hydrogen-bond acceptors (Lipinski definition) is 7. The fourth-order valence-electron chi connectivity index (χ4n) is 3.53. The first kappa shape index (κ1) is 25.2. The number of rotatable bonds is 9. The molecule has 4 N–H and O–H groups in total. The van der Waals surface area contributed by atoms with Gasteiger partial charge in [-0.25, -0.2) is 9.78 Å².